The van der Waals surface area contributed by atoms with Crippen LogP contribution in [0.25, 0.3) is 38.5 Å². The minimum Gasteiger partial charge on any atom is -0.497 e. The van der Waals surface area contributed by atoms with Crippen LogP contribution in [0.15, 0.2) is 77.3 Å². The Bertz CT molecular complexity index is 1780. The van der Waals surface area contributed by atoms with E-state index < -0.39 is 0 Å². The van der Waals surface area contributed by atoms with Crippen LogP contribution in [-0.4, -0.2) is 52.8 Å². The third-order valence-corrected chi connectivity index (χ3v) is 8.30. The highest BCUT2D eigenvalue weighted by molar-refractivity contribution is 7.16. The van der Waals surface area contributed by atoms with Crippen LogP contribution in [0, 0.1) is 6.92 Å². The van der Waals surface area contributed by atoms with E-state index in [1.54, 1.807) is 23.0 Å². The van der Waals surface area contributed by atoms with Crippen molar-refractivity contribution in [2.75, 3.05) is 33.3 Å². The van der Waals surface area contributed by atoms with Crippen LogP contribution in [0.2, 0.25) is 0 Å². The second kappa shape index (κ2) is 11.0. The fourth-order valence-electron chi connectivity index (χ4n) is 5.32. The molecule has 7 rings (SSSR count). The van der Waals surface area contributed by atoms with Gasteiger partial charge in [0.25, 0.3) is 0 Å². The maximum Gasteiger partial charge on any atom is 0.212 e. The second-order valence-corrected chi connectivity index (χ2v) is 11.5. The molecule has 3 aromatic carbocycles. The molecular formula is C32H31N5O3S. The summed E-state index contributed by atoms with van der Waals surface area (Å²) in [6.07, 6.45) is 1.90. The first-order valence-electron chi connectivity index (χ1n) is 13.8. The smallest absolute Gasteiger partial charge is 0.212 e. The summed E-state index contributed by atoms with van der Waals surface area (Å²) in [5.41, 5.74) is 6.09. The topological polar surface area (TPSA) is 77.1 Å². The quantitative estimate of drug-likeness (QED) is 0.236. The van der Waals surface area contributed by atoms with Crippen LogP contribution in [0.1, 0.15) is 16.1 Å². The minimum absolute atomic E-state index is 0.374. The van der Waals surface area contributed by atoms with Crippen molar-refractivity contribution < 1.29 is 13.9 Å². The van der Waals surface area contributed by atoms with Gasteiger partial charge in [-0.05, 0) is 47.9 Å². The highest BCUT2D eigenvalue weighted by Crippen LogP contribution is 2.34. The molecule has 0 spiro atoms. The number of piperazine rings is 1. The Hall–Kier alpha value is -4.18. The predicted molar refractivity (Wildman–Crippen MR) is 162 cm³/mol. The van der Waals surface area contributed by atoms with Crippen LogP contribution in [0.4, 0.5) is 0 Å². The number of hydrogen-bond donors (Lipinski definition) is 1. The Morgan fingerprint density at radius 1 is 0.976 bits per heavy atom. The number of fused-ring (bicyclic) bond motifs is 2. The zero-order valence-corrected chi connectivity index (χ0v) is 23.9. The van der Waals surface area contributed by atoms with E-state index in [9.17, 15) is 0 Å². The Morgan fingerprint density at radius 3 is 2.63 bits per heavy atom. The van der Waals surface area contributed by atoms with Gasteiger partial charge in [-0.15, -0.1) is 0 Å². The fraction of sp³-hybridized carbons (Fsp3) is 0.250. The third-order valence-electron chi connectivity index (χ3n) is 7.46. The standard InChI is InChI=1S/C32H31N5O3S/c1-21-35-37-19-29(34-32(37)41-21)31-17-28-25(15-27(38-2)16-30(28)40-31)20-39-26-5-3-4-24(14-26)23-8-6-22(7-9-23)18-36-12-10-33-11-13-36/h3-9,14-17,19,33H,10-13,18,20H2,1-2H3. The van der Waals surface area contributed by atoms with Crippen molar-refractivity contribution in [3.05, 3.63) is 89.1 Å². The van der Waals surface area contributed by atoms with Crippen LogP contribution in [0.3, 0.4) is 0 Å². The maximum absolute atomic E-state index is 6.31. The molecule has 0 saturated carbocycles. The lowest BCUT2D eigenvalue weighted by Gasteiger charge is -2.27. The third kappa shape index (κ3) is 5.44. The number of nitrogens with zero attached hydrogens (tertiary/aromatic N) is 4. The van der Waals surface area contributed by atoms with E-state index in [2.05, 4.69) is 51.7 Å². The Balaban J connectivity index is 1.10. The highest BCUT2D eigenvalue weighted by Gasteiger charge is 2.16. The molecule has 0 aliphatic carbocycles. The van der Waals surface area contributed by atoms with Crippen LogP contribution in [-0.2, 0) is 13.2 Å². The first-order valence-corrected chi connectivity index (χ1v) is 14.6. The van der Waals surface area contributed by atoms with Crippen molar-refractivity contribution in [3.8, 4) is 34.1 Å². The van der Waals surface area contributed by atoms with Gasteiger partial charge >= 0.3 is 0 Å². The summed E-state index contributed by atoms with van der Waals surface area (Å²) in [7, 11) is 1.66. The fourth-order valence-corrected chi connectivity index (χ4v) is 6.05. The molecule has 0 unspecified atom stereocenters. The summed E-state index contributed by atoms with van der Waals surface area (Å²) in [5.74, 6) is 2.21. The average Bonchev–Trinajstić information content (AvgIpc) is 3.70. The van der Waals surface area contributed by atoms with E-state index in [1.807, 2.05) is 43.5 Å². The van der Waals surface area contributed by atoms with E-state index in [-0.39, 0.29) is 0 Å². The second-order valence-electron chi connectivity index (χ2n) is 10.3. The average molecular weight is 566 g/mol. The van der Waals surface area contributed by atoms with Crippen molar-refractivity contribution in [3.63, 3.8) is 0 Å². The lowest BCUT2D eigenvalue weighted by molar-refractivity contribution is 0.233. The lowest BCUT2D eigenvalue weighted by atomic mass is 10.0. The summed E-state index contributed by atoms with van der Waals surface area (Å²) in [6.45, 7) is 7.66. The molecule has 6 aromatic rings. The molecule has 0 atom stereocenters. The van der Waals surface area contributed by atoms with Gasteiger partial charge in [-0.25, -0.2) is 9.50 Å². The van der Waals surface area contributed by atoms with Gasteiger partial charge < -0.3 is 19.2 Å². The molecule has 1 fully saturated rings. The Kier molecular flexibility index (Phi) is 6.92. The first-order chi connectivity index (χ1) is 20.1. The molecule has 208 valence electrons. The van der Waals surface area contributed by atoms with Crippen molar-refractivity contribution in [2.45, 2.75) is 20.1 Å². The molecule has 0 radical (unpaired) electrons. The van der Waals surface area contributed by atoms with Crippen LogP contribution < -0.4 is 14.8 Å². The van der Waals surface area contributed by atoms with E-state index in [4.69, 9.17) is 18.9 Å². The number of aromatic nitrogens is 3. The maximum atomic E-state index is 6.31. The number of benzene rings is 3. The summed E-state index contributed by atoms with van der Waals surface area (Å²) in [6, 6.07) is 23.0. The number of nitrogens with one attached hydrogen (secondary N) is 1. The number of hydrogen-bond acceptors (Lipinski definition) is 8. The normalized spacial score (nSPS) is 14.2. The van der Waals surface area contributed by atoms with Gasteiger partial charge in [0.05, 0.1) is 13.3 Å². The monoisotopic (exact) mass is 565 g/mol. The molecule has 1 aliphatic rings. The zero-order chi connectivity index (χ0) is 27.8. The summed E-state index contributed by atoms with van der Waals surface area (Å²) < 4.78 is 19.9. The molecule has 1 saturated heterocycles. The molecule has 0 bridgehead atoms. The molecule has 8 nitrogen and oxygen atoms in total. The molecule has 9 heteroatoms. The van der Waals surface area contributed by atoms with Gasteiger partial charge in [-0.2, -0.15) is 5.10 Å². The van der Waals surface area contributed by atoms with E-state index in [0.717, 1.165) is 82.0 Å². The SMILES string of the molecule is COc1cc(COc2cccc(-c3ccc(CN4CCNCC4)cc3)c2)c2cc(-c3cn4nc(C)sc4n3)oc2c1. The number of imidazole rings is 1. The van der Waals surface area contributed by atoms with Crippen molar-refractivity contribution in [1.29, 1.82) is 0 Å². The predicted octanol–water partition coefficient (Wildman–Crippen LogP) is 6.17. The summed E-state index contributed by atoms with van der Waals surface area (Å²) >= 11 is 1.55. The van der Waals surface area contributed by atoms with Gasteiger partial charge in [0.2, 0.25) is 4.96 Å². The number of aryl methyl sites for hydroxylation is 1. The van der Waals surface area contributed by atoms with E-state index in [0.29, 0.717) is 12.4 Å². The van der Waals surface area contributed by atoms with E-state index >= 15 is 0 Å². The number of methoxy groups -OCH3 is 1. The molecule has 3 aromatic heterocycles. The van der Waals surface area contributed by atoms with Crippen LogP contribution >= 0.6 is 11.3 Å². The van der Waals surface area contributed by atoms with Gasteiger partial charge in [-0.3, -0.25) is 4.90 Å². The molecule has 41 heavy (non-hydrogen) atoms. The van der Waals surface area contributed by atoms with Crippen molar-refractivity contribution in [2.24, 2.45) is 0 Å². The molecule has 0 amide bonds. The number of ether oxygens (including phenoxy) is 2. The highest BCUT2D eigenvalue weighted by atomic mass is 32.1. The minimum atomic E-state index is 0.374. The Labute approximate surface area is 242 Å². The van der Waals surface area contributed by atoms with Gasteiger partial charge in [-0.1, -0.05) is 47.7 Å². The van der Waals surface area contributed by atoms with E-state index in [1.165, 1.54) is 11.1 Å². The molecule has 1 N–H and O–H groups in total. The van der Waals surface area contributed by atoms with Gasteiger partial charge in [0, 0.05) is 49.7 Å². The van der Waals surface area contributed by atoms with Gasteiger partial charge in [0.1, 0.15) is 34.4 Å². The molecule has 4 heterocycles. The molecular weight excluding hydrogens is 534 g/mol. The van der Waals surface area contributed by atoms with Crippen LogP contribution in [0.5, 0.6) is 11.5 Å². The van der Waals surface area contributed by atoms with Gasteiger partial charge in [0.15, 0.2) is 5.76 Å². The Morgan fingerprint density at radius 2 is 1.83 bits per heavy atom. The summed E-state index contributed by atoms with van der Waals surface area (Å²) in [4.78, 5) is 8.03. The molecule has 1 aliphatic heterocycles. The van der Waals surface area contributed by atoms with Crippen molar-refractivity contribution >= 4 is 27.3 Å². The summed E-state index contributed by atoms with van der Waals surface area (Å²) in [5, 5.41) is 9.82. The number of rotatable bonds is 8. The lowest BCUT2D eigenvalue weighted by Crippen LogP contribution is -2.42. The largest absolute Gasteiger partial charge is 0.497 e. The number of furan rings is 1. The first kappa shape index (κ1) is 25.8. The van der Waals surface area contributed by atoms with Crippen molar-refractivity contribution in [1.82, 2.24) is 24.8 Å². The zero-order valence-electron chi connectivity index (χ0n) is 23.1.